The summed E-state index contributed by atoms with van der Waals surface area (Å²) < 4.78 is 0. The van der Waals surface area contributed by atoms with Gasteiger partial charge in [-0.2, -0.15) is 0 Å². The summed E-state index contributed by atoms with van der Waals surface area (Å²) in [7, 11) is 0. The molecule has 1 aromatic carbocycles. The standard InChI is InChI=1S/C15H25N/c1-10(2)16-14(6)13(5)15-8-7-11(3)12(4)9-15/h7-10,13-14,16H,1-6H3. The van der Waals surface area contributed by atoms with Gasteiger partial charge in [-0.05, 0) is 43.4 Å². The Hall–Kier alpha value is -0.820. The first-order valence-electron chi connectivity index (χ1n) is 6.25. The molecular formula is C15H25N. The van der Waals surface area contributed by atoms with E-state index in [-0.39, 0.29) is 0 Å². The summed E-state index contributed by atoms with van der Waals surface area (Å²) >= 11 is 0. The van der Waals surface area contributed by atoms with Crippen molar-refractivity contribution in [3.05, 3.63) is 34.9 Å². The van der Waals surface area contributed by atoms with E-state index in [4.69, 9.17) is 0 Å². The van der Waals surface area contributed by atoms with Gasteiger partial charge >= 0.3 is 0 Å². The zero-order chi connectivity index (χ0) is 12.3. The molecule has 0 saturated carbocycles. The number of hydrogen-bond acceptors (Lipinski definition) is 1. The van der Waals surface area contributed by atoms with Crippen LogP contribution in [-0.2, 0) is 0 Å². The van der Waals surface area contributed by atoms with Gasteiger partial charge in [-0.3, -0.25) is 0 Å². The van der Waals surface area contributed by atoms with Gasteiger partial charge in [0.15, 0.2) is 0 Å². The normalized spacial score (nSPS) is 15.2. The van der Waals surface area contributed by atoms with Gasteiger partial charge in [-0.15, -0.1) is 0 Å². The molecule has 1 rings (SSSR count). The van der Waals surface area contributed by atoms with Crippen molar-refractivity contribution in [1.82, 2.24) is 5.32 Å². The van der Waals surface area contributed by atoms with E-state index in [1.165, 1.54) is 16.7 Å². The summed E-state index contributed by atoms with van der Waals surface area (Å²) in [6.45, 7) is 13.3. The van der Waals surface area contributed by atoms with Crippen molar-refractivity contribution in [2.45, 2.75) is 59.5 Å². The Morgan fingerprint density at radius 1 is 0.938 bits per heavy atom. The van der Waals surface area contributed by atoms with Crippen LogP contribution in [-0.4, -0.2) is 12.1 Å². The molecule has 0 saturated heterocycles. The van der Waals surface area contributed by atoms with Crippen LogP contribution in [0.25, 0.3) is 0 Å². The van der Waals surface area contributed by atoms with Crippen LogP contribution in [0.3, 0.4) is 0 Å². The van der Waals surface area contributed by atoms with Gasteiger partial charge in [-0.25, -0.2) is 0 Å². The van der Waals surface area contributed by atoms with Crippen molar-refractivity contribution >= 4 is 0 Å². The Balaban J connectivity index is 2.79. The Kier molecular flexibility index (Phi) is 4.55. The molecule has 2 atom stereocenters. The Bertz CT molecular complexity index is 341. The maximum Gasteiger partial charge on any atom is 0.0107 e. The minimum Gasteiger partial charge on any atom is -0.311 e. The number of benzene rings is 1. The fourth-order valence-electron chi connectivity index (χ4n) is 2.01. The van der Waals surface area contributed by atoms with Gasteiger partial charge in [-0.1, -0.05) is 39.0 Å². The third-order valence-corrected chi connectivity index (χ3v) is 3.40. The number of rotatable bonds is 4. The molecule has 0 spiro atoms. The van der Waals surface area contributed by atoms with Gasteiger partial charge < -0.3 is 5.32 Å². The van der Waals surface area contributed by atoms with Crippen molar-refractivity contribution in [2.75, 3.05) is 0 Å². The molecule has 16 heavy (non-hydrogen) atoms. The first-order chi connectivity index (χ1) is 7.41. The van der Waals surface area contributed by atoms with Crippen LogP contribution in [0, 0.1) is 13.8 Å². The first kappa shape index (κ1) is 13.2. The predicted octanol–water partition coefficient (Wildman–Crippen LogP) is 3.79. The molecule has 0 fully saturated rings. The molecule has 0 aliphatic rings. The molecule has 0 amide bonds. The zero-order valence-corrected chi connectivity index (χ0v) is 11.5. The number of hydrogen-bond donors (Lipinski definition) is 1. The molecule has 90 valence electrons. The van der Waals surface area contributed by atoms with Crippen LogP contribution >= 0.6 is 0 Å². The molecule has 0 aliphatic carbocycles. The summed E-state index contributed by atoms with van der Waals surface area (Å²) in [5.41, 5.74) is 4.20. The highest BCUT2D eigenvalue weighted by atomic mass is 14.9. The predicted molar refractivity (Wildman–Crippen MR) is 72.1 cm³/mol. The summed E-state index contributed by atoms with van der Waals surface area (Å²) in [6.07, 6.45) is 0. The molecule has 2 unspecified atom stereocenters. The van der Waals surface area contributed by atoms with Crippen molar-refractivity contribution in [2.24, 2.45) is 0 Å². The van der Waals surface area contributed by atoms with E-state index >= 15 is 0 Å². The highest BCUT2D eigenvalue weighted by molar-refractivity contribution is 5.32. The third-order valence-electron chi connectivity index (χ3n) is 3.40. The maximum absolute atomic E-state index is 3.58. The monoisotopic (exact) mass is 219 g/mol. The molecular weight excluding hydrogens is 194 g/mol. The lowest BCUT2D eigenvalue weighted by molar-refractivity contribution is 0.439. The molecule has 0 radical (unpaired) electrons. The summed E-state index contributed by atoms with van der Waals surface area (Å²) in [4.78, 5) is 0. The van der Waals surface area contributed by atoms with Gasteiger partial charge in [0.2, 0.25) is 0 Å². The first-order valence-corrected chi connectivity index (χ1v) is 6.25. The molecule has 0 aromatic heterocycles. The maximum atomic E-state index is 3.58. The quantitative estimate of drug-likeness (QED) is 0.812. The molecule has 0 aliphatic heterocycles. The van der Waals surface area contributed by atoms with Crippen molar-refractivity contribution < 1.29 is 0 Å². The minimum atomic E-state index is 0.516. The van der Waals surface area contributed by atoms with Crippen LogP contribution in [0.2, 0.25) is 0 Å². The lowest BCUT2D eigenvalue weighted by Crippen LogP contribution is -2.36. The fraction of sp³-hybridized carbons (Fsp3) is 0.600. The Morgan fingerprint density at radius 3 is 2.06 bits per heavy atom. The van der Waals surface area contributed by atoms with E-state index in [9.17, 15) is 0 Å². The lowest BCUT2D eigenvalue weighted by Gasteiger charge is -2.24. The second-order valence-corrected chi connectivity index (χ2v) is 5.24. The van der Waals surface area contributed by atoms with E-state index in [2.05, 4.69) is 65.1 Å². The number of aryl methyl sites for hydroxylation is 2. The van der Waals surface area contributed by atoms with E-state index < -0.39 is 0 Å². The average molecular weight is 219 g/mol. The van der Waals surface area contributed by atoms with Crippen LogP contribution in [0.15, 0.2) is 18.2 Å². The number of nitrogens with one attached hydrogen (secondary N) is 1. The molecule has 0 heterocycles. The molecule has 1 heteroatoms. The van der Waals surface area contributed by atoms with Crippen LogP contribution in [0.5, 0.6) is 0 Å². The Labute approximate surface area is 100 Å². The molecule has 0 bridgehead atoms. The van der Waals surface area contributed by atoms with E-state index in [0.29, 0.717) is 18.0 Å². The van der Waals surface area contributed by atoms with Crippen molar-refractivity contribution in [1.29, 1.82) is 0 Å². The zero-order valence-electron chi connectivity index (χ0n) is 11.5. The topological polar surface area (TPSA) is 12.0 Å². The fourth-order valence-corrected chi connectivity index (χ4v) is 2.01. The van der Waals surface area contributed by atoms with Crippen LogP contribution < -0.4 is 5.32 Å². The summed E-state index contributed by atoms with van der Waals surface area (Å²) in [6, 6.07) is 7.86. The van der Waals surface area contributed by atoms with Gasteiger partial charge in [0.05, 0.1) is 0 Å². The molecule has 1 N–H and O–H groups in total. The average Bonchev–Trinajstić information content (AvgIpc) is 2.20. The largest absolute Gasteiger partial charge is 0.311 e. The minimum absolute atomic E-state index is 0.516. The molecule has 1 nitrogen and oxygen atoms in total. The van der Waals surface area contributed by atoms with E-state index in [0.717, 1.165) is 0 Å². The van der Waals surface area contributed by atoms with Crippen LogP contribution in [0.1, 0.15) is 50.3 Å². The third kappa shape index (κ3) is 3.34. The summed E-state index contributed by atoms with van der Waals surface area (Å²) in [5, 5.41) is 3.58. The van der Waals surface area contributed by atoms with Crippen molar-refractivity contribution in [3.63, 3.8) is 0 Å². The SMILES string of the molecule is Cc1ccc(C(C)C(C)NC(C)C)cc1C. The van der Waals surface area contributed by atoms with Gasteiger partial charge in [0.1, 0.15) is 0 Å². The smallest absolute Gasteiger partial charge is 0.0107 e. The second kappa shape index (κ2) is 5.49. The highest BCUT2D eigenvalue weighted by Gasteiger charge is 2.15. The van der Waals surface area contributed by atoms with Crippen LogP contribution in [0.4, 0.5) is 0 Å². The highest BCUT2D eigenvalue weighted by Crippen LogP contribution is 2.21. The van der Waals surface area contributed by atoms with Gasteiger partial charge in [0.25, 0.3) is 0 Å². The van der Waals surface area contributed by atoms with Gasteiger partial charge in [0, 0.05) is 12.1 Å². The van der Waals surface area contributed by atoms with E-state index in [1.807, 2.05) is 0 Å². The second-order valence-electron chi connectivity index (χ2n) is 5.24. The van der Waals surface area contributed by atoms with Crippen molar-refractivity contribution in [3.8, 4) is 0 Å². The summed E-state index contributed by atoms with van der Waals surface area (Å²) in [5.74, 6) is 0.557. The lowest BCUT2D eigenvalue weighted by atomic mass is 9.91. The van der Waals surface area contributed by atoms with E-state index in [1.54, 1.807) is 0 Å². The Morgan fingerprint density at radius 2 is 1.56 bits per heavy atom. The molecule has 1 aromatic rings.